The highest BCUT2D eigenvalue weighted by molar-refractivity contribution is 5.77. The van der Waals surface area contributed by atoms with Crippen molar-refractivity contribution < 1.29 is 9.53 Å². The molecule has 1 aromatic rings. The molecule has 2 aliphatic rings. The molecule has 24 heavy (non-hydrogen) atoms. The average Bonchev–Trinajstić information content (AvgIpc) is 2.78. The lowest BCUT2D eigenvalue weighted by Crippen LogP contribution is -2.51. The summed E-state index contributed by atoms with van der Waals surface area (Å²) >= 11 is 0. The molecular formula is C18H28N4O2. The predicted octanol–water partition coefficient (Wildman–Crippen LogP) is 0.742. The van der Waals surface area contributed by atoms with Crippen molar-refractivity contribution in [3.05, 3.63) is 30.1 Å². The molecule has 1 N–H and O–H groups in total. The van der Waals surface area contributed by atoms with E-state index in [2.05, 4.69) is 26.2 Å². The Morgan fingerprint density at radius 1 is 1.38 bits per heavy atom. The lowest BCUT2D eigenvalue weighted by molar-refractivity contribution is -0.122. The number of aromatic nitrogens is 1. The summed E-state index contributed by atoms with van der Waals surface area (Å²) in [6.07, 6.45) is 6.11. The van der Waals surface area contributed by atoms with Crippen LogP contribution in [0.2, 0.25) is 0 Å². The second-order valence-electron chi connectivity index (χ2n) is 7.11. The quantitative estimate of drug-likeness (QED) is 0.881. The van der Waals surface area contributed by atoms with Gasteiger partial charge in [-0.1, -0.05) is 6.07 Å². The van der Waals surface area contributed by atoms with Gasteiger partial charge in [-0.25, -0.2) is 0 Å². The Hall–Kier alpha value is -1.50. The molecule has 3 heterocycles. The fraction of sp³-hybridized carbons (Fsp3) is 0.667. The highest BCUT2D eigenvalue weighted by atomic mass is 16.5. The molecule has 1 amide bonds. The van der Waals surface area contributed by atoms with E-state index in [0.717, 1.165) is 39.3 Å². The molecule has 1 spiro atoms. The number of hydrogen-bond donors (Lipinski definition) is 1. The van der Waals surface area contributed by atoms with Gasteiger partial charge in [-0.05, 0) is 31.0 Å². The van der Waals surface area contributed by atoms with Gasteiger partial charge in [0.05, 0.1) is 19.8 Å². The number of pyridine rings is 1. The van der Waals surface area contributed by atoms with Crippen LogP contribution in [0.4, 0.5) is 0 Å². The van der Waals surface area contributed by atoms with Crippen LogP contribution >= 0.6 is 0 Å². The maximum absolute atomic E-state index is 11.8. The molecule has 0 saturated carbocycles. The van der Waals surface area contributed by atoms with Crippen LogP contribution in [0.25, 0.3) is 0 Å². The largest absolute Gasteiger partial charge is 0.379 e. The number of likely N-dealkylation sites (N-methyl/N-ethyl adjacent to an activating group) is 1. The second-order valence-corrected chi connectivity index (χ2v) is 7.11. The van der Waals surface area contributed by atoms with Crippen LogP contribution in [0.3, 0.4) is 0 Å². The fourth-order valence-electron chi connectivity index (χ4n) is 3.94. The van der Waals surface area contributed by atoms with Crippen molar-refractivity contribution in [3.63, 3.8) is 0 Å². The van der Waals surface area contributed by atoms with Gasteiger partial charge in [-0.2, -0.15) is 0 Å². The van der Waals surface area contributed by atoms with Crippen LogP contribution in [0.15, 0.2) is 24.5 Å². The molecule has 0 bridgehead atoms. The summed E-state index contributed by atoms with van der Waals surface area (Å²) in [6, 6.07) is 4.13. The molecule has 0 aromatic carbocycles. The number of carbonyl (C=O) groups is 1. The average molecular weight is 332 g/mol. The van der Waals surface area contributed by atoms with Crippen molar-refractivity contribution in [1.29, 1.82) is 0 Å². The van der Waals surface area contributed by atoms with Crippen LogP contribution in [0.1, 0.15) is 18.4 Å². The number of rotatable bonds is 4. The van der Waals surface area contributed by atoms with Gasteiger partial charge in [0.2, 0.25) is 5.91 Å². The van der Waals surface area contributed by atoms with Crippen molar-refractivity contribution in [2.45, 2.75) is 19.4 Å². The molecular weight excluding hydrogens is 304 g/mol. The number of nitrogens with one attached hydrogen (secondary N) is 1. The SMILES string of the molecule is CNC(=O)CN1CCOC[C@@]2(CCCN(Cc3cccnc3)C2)C1. The maximum Gasteiger partial charge on any atom is 0.233 e. The van der Waals surface area contributed by atoms with E-state index in [1.165, 1.54) is 18.4 Å². The summed E-state index contributed by atoms with van der Waals surface area (Å²) in [5.74, 6) is 0.0788. The summed E-state index contributed by atoms with van der Waals surface area (Å²) in [5, 5.41) is 2.73. The Morgan fingerprint density at radius 2 is 2.25 bits per heavy atom. The van der Waals surface area contributed by atoms with Gasteiger partial charge < -0.3 is 10.1 Å². The van der Waals surface area contributed by atoms with E-state index >= 15 is 0 Å². The number of amides is 1. The first kappa shape index (κ1) is 17.3. The normalized spacial score (nSPS) is 26.2. The Morgan fingerprint density at radius 3 is 3.04 bits per heavy atom. The topological polar surface area (TPSA) is 57.7 Å². The van der Waals surface area contributed by atoms with E-state index in [4.69, 9.17) is 4.74 Å². The summed E-state index contributed by atoms with van der Waals surface area (Å²) in [4.78, 5) is 20.7. The summed E-state index contributed by atoms with van der Waals surface area (Å²) in [6.45, 7) is 6.80. The highest BCUT2D eigenvalue weighted by Crippen LogP contribution is 2.33. The van der Waals surface area contributed by atoms with Crippen molar-refractivity contribution in [1.82, 2.24) is 20.1 Å². The third kappa shape index (κ3) is 4.53. The lowest BCUT2D eigenvalue weighted by Gasteiger charge is -2.43. The lowest BCUT2D eigenvalue weighted by atomic mass is 9.80. The minimum absolute atomic E-state index is 0.0788. The molecule has 2 aliphatic heterocycles. The summed E-state index contributed by atoms with van der Waals surface area (Å²) in [7, 11) is 1.70. The minimum Gasteiger partial charge on any atom is -0.379 e. The molecule has 3 rings (SSSR count). The van der Waals surface area contributed by atoms with Crippen molar-refractivity contribution >= 4 is 5.91 Å². The number of hydrogen-bond acceptors (Lipinski definition) is 5. The van der Waals surface area contributed by atoms with Crippen LogP contribution < -0.4 is 5.32 Å². The molecule has 2 fully saturated rings. The molecule has 0 aliphatic carbocycles. The van der Waals surface area contributed by atoms with E-state index in [-0.39, 0.29) is 11.3 Å². The zero-order valence-electron chi connectivity index (χ0n) is 14.5. The highest BCUT2D eigenvalue weighted by Gasteiger charge is 2.39. The Kier molecular flexibility index (Phi) is 5.81. The smallest absolute Gasteiger partial charge is 0.233 e. The third-order valence-corrected chi connectivity index (χ3v) is 5.03. The van der Waals surface area contributed by atoms with E-state index in [0.29, 0.717) is 13.2 Å². The molecule has 1 atom stereocenters. The van der Waals surface area contributed by atoms with Gasteiger partial charge in [0.15, 0.2) is 0 Å². The number of ether oxygens (including phenoxy) is 1. The molecule has 2 saturated heterocycles. The van der Waals surface area contributed by atoms with E-state index in [9.17, 15) is 4.79 Å². The van der Waals surface area contributed by atoms with Crippen molar-refractivity contribution in [3.8, 4) is 0 Å². The molecule has 0 unspecified atom stereocenters. The zero-order valence-corrected chi connectivity index (χ0v) is 14.5. The fourth-order valence-corrected chi connectivity index (χ4v) is 3.94. The van der Waals surface area contributed by atoms with Crippen molar-refractivity contribution in [2.24, 2.45) is 5.41 Å². The van der Waals surface area contributed by atoms with E-state index < -0.39 is 0 Å². The van der Waals surface area contributed by atoms with E-state index in [1.807, 2.05) is 18.5 Å². The van der Waals surface area contributed by atoms with E-state index in [1.54, 1.807) is 7.05 Å². The first-order valence-electron chi connectivity index (χ1n) is 8.81. The molecule has 6 nitrogen and oxygen atoms in total. The van der Waals surface area contributed by atoms with Gasteiger partial charge in [-0.3, -0.25) is 19.6 Å². The van der Waals surface area contributed by atoms with Gasteiger partial charge in [-0.15, -0.1) is 0 Å². The Balaban J connectivity index is 1.65. The minimum atomic E-state index is 0.0788. The first-order valence-corrected chi connectivity index (χ1v) is 8.81. The molecule has 132 valence electrons. The van der Waals surface area contributed by atoms with Crippen LogP contribution in [0.5, 0.6) is 0 Å². The maximum atomic E-state index is 11.8. The predicted molar refractivity (Wildman–Crippen MR) is 92.5 cm³/mol. The Bertz CT molecular complexity index is 539. The first-order chi connectivity index (χ1) is 11.7. The van der Waals surface area contributed by atoms with Crippen LogP contribution in [-0.4, -0.2) is 73.7 Å². The van der Waals surface area contributed by atoms with Crippen LogP contribution in [-0.2, 0) is 16.1 Å². The standard InChI is InChI=1S/C18H28N4O2/c1-19-17(23)12-22-8-9-24-15-18(14-22)5-3-7-21(13-18)11-16-4-2-6-20-10-16/h2,4,6,10H,3,5,7-9,11-15H2,1H3,(H,19,23)/t18-/m1/s1. The molecule has 6 heteroatoms. The van der Waals surface area contributed by atoms with Gasteiger partial charge in [0.25, 0.3) is 0 Å². The summed E-state index contributed by atoms with van der Waals surface area (Å²) in [5.41, 5.74) is 1.39. The molecule has 1 aromatic heterocycles. The summed E-state index contributed by atoms with van der Waals surface area (Å²) < 4.78 is 5.92. The monoisotopic (exact) mass is 332 g/mol. The number of nitrogens with zero attached hydrogens (tertiary/aromatic N) is 3. The van der Waals surface area contributed by atoms with Gasteiger partial charge in [0, 0.05) is 51.0 Å². The third-order valence-electron chi connectivity index (χ3n) is 5.03. The van der Waals surface area contributed by atoms with Crippen molar-refractivity contribution in [2.75, 3.05) is 53.0 Å². The number of likely N-dealkylation sites (tertiary alicyclic amines) is 1. The second kappa shape index (κ2) is 8.05. The zero-order chi connectivity index (χ0) is 16.8. The van der Waals surface area contributed by atoms with Gasteiger partial charge in [0.1, 0.15) is 0 Å². The number of piperidine rings is 1. The Labute approximate surface area is 144 Å². The van der Waals surface area contributed by atoms with Gasteiger partial charge >= 0.3 is 0 Å². The number of carbonyl (C=O) groups excluding carboxylic acids is 1. The van der Waals surface area contributed by atoms with Crippen LogP contribution in [0, 0.1) is 5.41 Å². The molecule has 0 radical (unpaired) electrons.